The van der Waals surface area contributed by atoms with Gasteiger partial charge in [-0.25, -0.2) is 0 Å². The van der Waals surface area contributed by atoms with Crippen molar-refractivity contribution in [3.8, 4) is 6.07 Å². The Morgan fingerprint density at radius 3 is 2.46 bits per heavy atom. The molecule has 2 amide bonds. The third kappa shape index (κ3) is 3.35. The van der Waals surface area contributed by atoms with E-state index in [-0.39, 0.29) is 11.5 Å². The summed E-state index contributed by atoms with van der Waals surface area (Å²) >= 11 is 1.22. The number of hydrogen-bond donors (Lipinski definition) is 1. The molecule has 1 aliphatic heterocycles. The second kappa shape index (κ2) is 7.46. The molecule has 0 bridgehead atoms. The smallest absolute Gasteiger partial charge is 0.262 e. The highest BCUT2D eigenvalue weighted by Gasteiger charge is 2.40. The highest BCUT2D eigenvalue weighted by Crippen LogP contribution is 2.41. The van der Waals surface area contributed by atoms with Gasteiger partial charge in [0.1, 0.15) is 16.7 Å². The molecule has 1 aliphatic rings. The van der Waals surface area contributed by atoms with E-state index in [0.717, 1.165) is 11.1 Å². The SMILES string of the molecule is Cc1ccccc1CC1SC(=C(C#N)C(N)=O)N(c2ccccc2)C1=O. The molecule has 2 aromatic rings. The Bertz CT molecular complexity index is 932. The number of carbonyl (C=O) groups is 2. The van der Waals surface area contributed by atoms with E-state index in [0.29, 0.717) is 17.1 Å². The van der Waals surface area contributed by atoms with Crippen LogP contribution in [0.4, 0.5) is 5.69 Å². The number of anilines is 1. The maximum absolute atomic E-state index is 13.1. The summed E-state index contributed by atoms with van der Waals surface area (Å²) in [4.78, 5) is 26.2. The molecule has 1 unspecified atom stereocenters. The summed E-state index contributed by atoms with van der Waals surface area (Å²) in [7, 11) is 0. The van der Waals surface area contributed by atoms with Gasteiger partial charge in [0.15, 0.2) is 0 Å². The van der Waals surface area contributed by atoms with E-state index in [2.05, 4.69) is 0 Å². The van der Waals surface area contributed by atoms with Crippen LogP contribution in [0.2, 0.25) is 0 Å². The molecule has 0 saturated carbocycles. The first-order valence-electron chi connectivity index (χ1n) is 8.07. The summed E-state index contributed by atoms with van der Waals surface area (Å²) in [5.41, 5.74) is 7.94. The Hall–Kier alpha value is -3.04. The van der Waals surface area contributed by atoms with Crippen LogP contribution in [0.3, 0.4) is 0 Å². The topological polar surface area (TPSA) is 87.2 Å². The first kappa shape index (κ1) is 17.8. The zero-order chi connectivity index (χ0) is 18.7. The van der Waals surface area contributed by atoms with Gasteiger partial charge in [-0.15, -0.1) is 0 Å². The number of aryl methyl sites for hydroxylation is 1. The number of nitriles is 1. The molecule has 26 heavy (non-hydrogen) atoms. The van der Waals surface area contributed by atoms with Crippen molar-refractivity contribution in [3.05, 3.63) is 76.3 Å². The van der Waals surface area contributed by atoms with Gasteiger partial charge in [-0.2, -0.15) is 5.26 Å². The summed E-state index contributed by atoms with van der Waals surface area (Å²) in [6, 6.07) is 18.7. The van der Waals surface area contributed by atoms with Crippen molar-refractivity contribution in [3.63, 3.8) is 0 Å². The molecule has 130 valence electrons. The van der Waals surface area contributed by atoms with Gasteiger partial charge in [-0.1, -0.05) is 54.2 Å². The van der Waals surface area contributed by atoms with Crippen LogP contribution in [-0.4, -0.2) is 17.1 Å². The van der Waals surface area contributed by atoms with Crippen molar-refractivity contribution < 1.29 is 9.59 Å². The van der Waals surface area contributed by atoms with Crippen LogP contribution in [0, 0.1) is 18.3 Å². The normalized spacial score (nSPS) is 18.5. The number of amides is 2. The average Bonchev–Trinajstić information content (AvgIpc) is 2.94. The van der Waals surface area contributed by atoms with E-state index in [1.54, 1.807) is 24.3 Å². The molecular weight excluding hydrogens is 346 g/mol. The van der Waals surface area contributed by atoms with E-state index in [1.165, 1.54) is 16.7 Å². The Kier molecular flexibility index (Phi) is 5.10. The van der Waals surface area contributed by atoms with Crippen LogP contribution in [0.1, 0.15) is 11.1 Å². The number of thioether (sulfide) groups is 1. The zero-order valence-electron chi connectivity index (χ0n) is 14.2. The molecular formula is C20H17N3O2S. The minimum atomic E-state index is -0.833. The largest absolute Gasteiger partial charge is 0.365 e. The average molecular weight is 363 g/mol. The summed E-state index contributed by atoms with van der Waals surface area (Å²) in [5.74, 6) is -0.992. The quantitative estimate of drug-likeness (QED) is 0.668. The molecule has 2 aromatic carbocycles. The summed E-state index contributed by atoms with van der Waals surface area (Å²) in [6.07, 6.45) is 0.514. The van der Waals surface area contributed by atoms with E-state index >= 15 is 0 Å². The lowest BCUT2D eigenvalue weighted by Gasteiger charge is -2.18. The molecule has 1 fully saturated rings. The fraction of sp³-hybridized carbons (Fsp3) is 0.150. The molecule has 0 aliphatic carbocycles. The number of hydrogen-bond acceptors (Lipinski definition) is 4. The van der Waals surface area contributed by atoms with Crippen molar-refractivity contribution in [1.29, 1.82) is 5.26 Å². The van der Waals surface area contributed by atoms with E-state index in [9.17, 15) is 14.9 Å². The van der Waals surface area contributed by atoms with Crippen molar-refractivity contribution in [2.75, 3.05) is 4.90 Å². The van der Waals surface area contributed by atoms with E-state index in [1.807, 2.05) is 43.3 Å². The minimum Gasteiger partial charge on any atom is -0.365 e. The number of benzene rings is 2. The highest BCUT2D eigenvalue weighted by atomic mass is 32.2. The Balaban J connectivity index is 2.04. The van der Waals surface area contributed by atoms with Gasteiger partial charge in [0, 0.05) is 5.69 Å². The van der Waals surface area contributed by atoms with Gasteiger partial charge in [0.05, 0.1) is 5.25 Å². The maximum Gasteiger partial charge on any atom is 0.262 e. The molecule has 0 radical (unpaired) electrons. The molecule has 1 saturated heterocycles. The lowest BCUT2D eigenvalue weighted by atomic mass is 10.0. The Morgan fingerprint density at radius 2 is 1.85 bits per heavy atom. The standard InChI is InChI=1S/C20H17N3O2S/c1-13-7-5-6-8-14(13)11-17-19(25)23(15-9-3-2-4-10-15)20(26-17)16(12-21)18(22)24/h2-10,17H,11H2,1H3,(H2,22,24). The predicted molar refractivity (Wildman–Crippen MR) is 102 cm³/mol. The molecule has 3 rings (SSSR count). The molecule has 1 atom stereocenters. The molecule has 6 heteroatoms. The van der Waals surface area contributed by atoms with Gasteiger partial charge in [-0.3, -0.25) is 14.5 Å². The van der Waals surface area contributed by atoms with Gasteiger partial charge in [0.2, 0.25) is 5.91 Å². The summed E-state index contributed by atoms with van der Waals surface area (Å²) in [6.45, 7) is 2.00. The molecule has 0 aromatic heterocycles. The maximum atomic E-state index is 13.1. The van der Waals surface area contributed by atoms with E-state index in [4.69, 9.17) is 5.73 Å². The van der Waals surface area contributed by atoms with Crippen molar-refractivity contribution in [2.45, 2.75) is 18.6 Å². The van der Waals surface area contributed by atoms with Crippen molar-refractivity contribution >= 4 is 29.3 Å². The lowest BCUT2D eigenvalue weighted by molar-refractivity contribution is -0.117. The van der Waals surface area contributed by atoms with Crippen LogP contribution >= 0.6 is 11.8 Å². The monoisotopic (exact) mass is 363 g/mol. The number of nitrogens with zero attached hydrogens (tertiary/aromatic N) is 2. The van der Waals surface area contributed by atoms with Crippen LogP contribution in [-0.2, 0) is 16.0 Å². The van der Waals surface area contributed by atoms with Gasteiger partial charge < -0.3 is 5.73 Å². The Labute approximate surface area is 156 Å². The van der Waals surface area contributed by atoms with Gasteiger partial charge in [-0.05, 0) is 36.6 Å². The van der Waals surface area contributed by atoms with Crippen molar-refractivity contribution in [2.24, 2.45) is 5.73 Å². The third-order valence-electron chi connectivity index (χ3n) is 4.21. The van der Waals surface area contributed by atoms with Gasteiger partial charge in [0.25, 0.3) is 5.91 Å². The van der Waals surface area contributed by atoms with Crippen LogP contribution in [0.25, 0.3) is 0 Å². The van der Waals surface area contributed by atoms with Crippen molar-refractivity contribution in [1.82, 2.24) is 0 Å². The predicted octanol–water partition coefficient (Wildman–Crippen LogP) is 2.91. The first-order valence-corrected chi connectivity index (χ1v) is 8.95. The summed E-state index contributed by atoms with van der Waals surface area (Å²) < 4.78 is 0. The molecule has 2 N–H and O–H groups in total. The number of nitrogens with two attached hydrogens (primary N) is 1. The number of primary amides is 1. The zero-order valence-corrected chi connectivity index (χ0v) is 15.0. The van der Waals surface area contributed by atoms with Crippen LogP contribution < -0.4 is 10.6 Å². The van der Waals surface area contributed by atoms with E-state index < -0.39 is 11.2 Å². The first-order chi connectivity index (χ1) is 12.5. The molecule has 0 spiro atoms. The molecule has 5 nitrogen and oxygen atoms in total. The number of para-hydroxylation sites is 1. The highest BCUT2D eigenvalue weighted by molar-refractivity contribution is 8.05. The fourth-order valence-electron chi connectivity index (χ4n) is 2.85. The van der Waals surface area contributed by atoms with Crippen LogP contribution in [0.15, 0.2) is 65.2 Å². The van der Waals surface area contributed by atoms with Gasteiger partial charge >= 0.3 is 0 Å². The van der Waals surface area contributed by atoms with Crippen LogP contribution in [0.5, 0.6) is 0 Å². The second-order valence-corrected chi connectivity index (χ2v) is 7.09. The fourth-order valence-corrected chi connectivity index (χ4v) is 4.15. The number of rotatable bonds is 4. The number of carbonyl (C=O) groups excluding carboxylic acids is 2. The Morgan fingerprint density at radius 1 is 1.19 bits per heavy atom. The lowest BCUT2D eigenvalue weighted by Crippen LogP contribution is -2.31. The summed E-state index contributed by atoms with van der Waals surface area (Å²) in [5, 5.41) is 9.25. The molecule has 1 heterocycles. The minimum absolute atomic E-state index is 0.159. The second-order valence-electron chi connectivity index (χ2n) is 5.90. The third-order valence-corrected chi connectivity index (χ3v) is 5.47.